The summed E-state index contributed by atoms with van der Waals surface area (Å²) in [5, 5.41) is 2.12. The Balaban J connectivity index is 1.23. The number of hydrogen-bond donors (Lipinski definition) is 0. The van der Waals surface area contributed by atoms with Crippen molar-refractivity contribution in [2.45, 2.75) is 19.0 Å². The van der Waals surface area contributed by atoms with Gasteiger partial charge in [0.15, 0.2) is 22.5 Å². The van der Waals surface area contributed by atoms with Crippen molar-refractivity contribution in [2.24, 2.45) is 0 Å². The van der Waals surface area contributed by atoms with Crippen molar-refractivity contribution in [3.8, 4) is 11.5 Å². The molecule has 0 bridgehead atoms. The first-order valence-corrected chi connectivity index (χ1v) is 13.9. The maximum absolute atomic E-state index is 15.4. The monoisotopic (exact) mass is 571 g/mol. The Morgan fingerprint density at radius 1 is 1.21 bits per heavy atom. The Labute approximate surface area is 233 Å². The van der Waals surface area contributed by atoms with Gasteiger partial charge >= 0.3 is 0 Å². The molecular weight excluding hydrogens is 545 g/mol. The van der Waals surface area contributed by atoms with E-state index in [1.807, 2.05) is 22.0 Å². The molecule has 0 saturated carbocycles. The number of morpholine rings is 1. The number of carbonyl (C=O) groups is 1. The fourth-order valence-corrected chi connectivity index (χ4v) is 6.10. The van der Waals surface area contributed by atoms with Gasteiger partial charge in [0.2, 0.25) is 0 Å². The van der Waals surface area contributed by atoms with Gasteiger partial charge in [-0.1, -0.05) is 11.6 Å². The topological polar surface area (TPSA) is 81.4 Å². The van der Waals surface area contributed by atoms with E-state index >= 15 is 4.39 Å². The van der Waals surface area contributed by atoms with Gasteiger partial charge in [0.05, 0.1) is 37.4 Å². The Bertz CT molecular complexity index is 1500. The molecule has 204 valence electrons. The molecule has 12 heteroatoms. The lowest BCUT2D eigenvalue weighted by Gasteiger charge is -2.36. The van der Waals surface area contributed by atoms with Crippen LogP contribution in [0.1, 0.15) is 28.7 Å². The molecule has 1 aromatic carbocycles. The Morgan fingerprint density at radius 2 is 2.05 bits per heavy atom. The summed E-state index contributed by atoms with van der Waals surface area (Å²) in [7, 11) is 1.49. The van der Waals surface area contributed by atoms with Crippen molar-refractivity contribution in [3.05, 3.63) is 75.5 Å². The second kappa shape index (κ2) is 11.1. The standard InChI is InChI=1S/C27H27ClFN5O4S/c1-36-18-3-4-19(20(29)14-18)24-25-21(31-27-34(25)10-13-39-27)6-7-33(24)23(35)16-38-22-5-2-17(30-26(22)28)15-32-8-11-37-12-9-32/h2-5,10,13-14,24H,6-9,11-12,15-16H2,1H3. The van der Waals surface area contributed by atoms with Gasteiger partial charge < -0.3 is 19.1 Å². The molecule has 0 spiro atoms. The fourth-order valence-electron chi connectivity index (χ4n) is 5.13. The molecule has 4 aromatic rings. The number of ether oxygens (including phenoxy) is 3. The van der Waals surface area contributed by atoms with Crippen LogP contribution in [0.15, 0.2) is 41.9 Å². The molecule has 1 amide bonds. The van der Waals surface area contributed by atoms with Gasteiger partial charge in [-0.2, -0.15) is 0 Å². The molecule has 1 saturated heterocycles. The van der Waals surface area contributed by atoms with Gasteiger partial charge in [0.25, 0.3) is 5.91 Å². The first-order valence-electron chi connectivity index (χ1n) is 12.7. The van der Waals surface area contributed by atoms with Gasteiger partial charge in [0.1, 0.15) is 17.6 Å². The number of halogens is 2. The van der Waals surface area contributed by atoms with Crippen molar-refractivity contribution in [3.63, 3.8) is 0 Å². The van der Waals surface area contributed by atoms with E-state index in [0.29, 0.717) is 49.8 Å². The van der Waals surface area contributed by atoms with Crippen LogP contribution in [-0.2, 0) is 22.5 Å². The number of amides is 1. The molecule has 5 heterocycles. The first-order chi connectivity index (χ1) is 19.0. The number of hydrogen-bond acceptors (Lipinski definition) is 8. The van der Waals surface area contributed by atoms with Crippen molar-refractivity contribution in [1.82, 2.24) is 24.2 Å². The van der Waals surface area contributed by atoms with E-state index in [1.165, 1.54) is 24.5 Å². The number of nitrogens with zero attached hydrogens (tertiary/aromatic N) is 5. The number of aromatic nitrogens is 3. The molecule has 6 rings (SSSR count). The van der Waals surface area contributed by atoms with Crippen LogP contribution >= 0.6 is 22.9 Å². The molecule has 9 nitrogen and oxygen atoms in total. The number of rotatable bonds is 7. The molecule has 2 aliphatic rings. The molecule has 0 radical (unpaired) electrons. The van der Waals surface area contributed by atoms with E-state index in [-0.39, 0.29) is 17.7 Å². The van der Waals surface area contributed by atoms with Crippen molar-refractivity contribution in [1.29, 1.82) is 0 Å². The van der Waals surface area contributed by atoms with Crippen molar-refractivity contribution < 1.29 is 23.4 Å². The smallest absolute Gasteiger partial charge is 0.261 e. The minimum absolute atomic E-state index is 0.197. The van der Waals surface area contributed by atoms with E-state index < -0.39 is 11.9 Å². The van der Waals surface area contributed by atoms with E-state index in [1.54, 1.807) is 23.1 Å². The van der Waals surface area contributed by atoms with E-state index in [4.69, 9.17) is 30.8 Å². The van der Waals surface area contributed by atoms with Crippen LogP contribution in [0.3, 0.4) is 0 Å². The lowest BCUT2D eigenvalue weighted by Crippen LogP contribution is -2.43. The summed E-state index contributed by atoms with van der Waals surface area (Å²) >= 11 is 7.92. The Kier molecular flexibility index (Phi) is 7.39. The molecule has 39 heavy (non-hydrogen) atoms. The van der Waals surface area contributed by atoms with Gasteiger partial charge in [-0.05, 0) is 24.3 Å². The summed E-state index contributed by atoms with van der Waals surface area (Å²) in [4.78, 5) is 27.5. The number of methoxy groups -OCH3 is 1. The molecule has 1 unspecified atom stereocenters. The second-order valence-corrected chi connectivity index (χ2v) is 10.6. The van der Waals surface area contributed by atoms with Crippen molar-refractivity contribution in [2.75, 3.05) is 46.6 Å². The quantitative estimate of drug-likeness (QED) is 0.310. The van der Waals surface area contributed by atoms with Crippen LogP contribution in [-0.4, -0.2) is 76.6 Å². The zero-order valence-corrected chi connectivity index (χ0v) is 22.9. The first kappa shape index (κ1) is 26.0. The average Bonchev–Trinajstić information content (AvgIpc) is 3.54. The summed E-state index contributed by atoms with van der Waals surface area (Å²) in [6.07, 6.45) is 2.46. The van der Waals surface area contributed by atoms with Crippen molar-refractivity contribution >= 4 is 33.8 Å². The highest BCUT2D eigenvalue weighted by Gasteiger charge is 2.37. The largest absolute Gasteiger partial charge is 0.497 e. The van der Waals surface area contributed by atoms with Gasteiger partial charge in [-0.3, -0.25) is 14.1 Å². The number of imidazole rings is 1. The van der Waals surface area contributed by atoms with Crippen LogP contribution in [0.4, 0.5) is 4.39 Å². The third kappa shape index (κ3) is 5.19. The van der Waals surface area contributed by atoms with Gasteiger partial charge in [0, 0.05) is 55.8 Å². The molecular formula is C27H27ClFN5O4S. The SMILES string of the molecule is COc1ccc(C2c3c(nc4sccn34)CCN2C(=O)COc2ccc(CN3CCOCC3)nc2Cl)c(F)c1. The predicted octanol–water partition coefficient (Wildman–Crippen LogP) is 3.98. The maximum atomic E-state index is 15.4. The van der Waals surface area contributed by atoms with E-state index in [9.17, 15) is 4.79 Å². The minimum atomic E-state index is -0.676. The Hall–Kier alpha value is -3.25. The molecule has 1 fully saturated rings. The summed E-state index contributed by atoms with van der Waals surface area (Å²) in [6.45, 7) is 3.86. The predicted molar refractivity (Wildman–Crippen MR) is 144 cm³/mol. The van der Waals surface area contributed by atoms with Crippen LogP contribution in [0.25, 0.3) is 4.96 Å². The summed E-state index contributed by atoms with van der Waals surface area (Å²) in [5.74, 6) is -0.0226. The van der Waals surface area contributed by atoms with Gasteiger partial charge in [-0.25, -0.2) is 14.4 Å². The second-order valence-electron chi connectivity index (χ2n) is 9.40. The molecule has 0 aliphatic carbocycles. The summed E-state index contributed by atoms with van der Waals surface area (Å²) in [6, 6.07) is 7.60. The molecule has 0 N–H and O–H groups in total. The number of thiazole rings is 1. The molecule has 1 atom stereocenters. The summed E-state index contributed by atoms with van der Waals surface area (Å²) < 4.78 is 33.7. The Morgan fingerprint density at radius 3 is 2.82 bits per heavy atom. The van der Waals surface area contributed by atoms with Crippen LogP contribution in [0.5, 0.6) is 11.5 Å². The number of carbonyl (C=O) groups excluding carboxylic acids is 1. The minimum Gasteiger partial charge on any atom is -0.497 e. The molecule has 2 aliphatic heterocycles. The molecule has 3 aromatic heterocycles. The normalized spacial score (nSPS) is 17.8. The zero-order chi connectivity index (χ0) is 26.9. The van der Waals surface area contributed by atoms with Crippen LogP contribution in [0, 0.1) is 5.82 Å². The third-order valence-corrected chi connectivity index (χ3v) is 8.10. The van der Waals surface area contributed by atoms with Crippen LogP contribution < -0.4 is 9.47 Å². The highest BCUT2D eigenvalue weighted by atomic mass is 35.5. The van der Waals surface area contributed by atoms with E-state index in [0.717, 1.165) is 35.1 Å². The number of benzene rings is 1. The summed E-state index contributed by atoms with van der Waals surface area (Å²) in [5.41, 5.74) is 2.82. The highest BCUT2D eigenvalue weighted by molar-refractivity contribution is 7.15. The number of fused-ring (bicyclic) bond motifs is 3. The third-order valence-electron chi connectivity index (χ3n) is 7.07. The zero-order valence-electron chi connectivity index (χ0n) is 21.3. The van der Waals surface area contributed by atoms with Crippen LogP contribution in [0.2, 0.25) is 5.15 Å². The average molecular weight is 572 g/mol. The number of pyridine rings is 1. The van der Waals surface area contributed by atoms with Gasteiger partial charge in [-0.15, -0.1) is 11.3 Å². The maximum Gasteiger partial charge on any atom is 0.261 e. The highest BCUT2D eigenvalue weighted by Crippen LogP contribution is 2.38. The van der Waals surface area contributed by atoms with E-state index in [2.05, 4.69) is 9.88 Å². The lowest BCUT2D eigenvalue weighted by molar-refractivity contribution is -0.135. The fraction of sp³-hybridized carbons (Fsp3) is 0.370. The lowest BCUT2D eigenvalue weighted by atomic mass is 9.94.